The highest BCUT2D eigenvalue weighted by Gasteiger charge is 2.55. The minimum absolute atomic E-state index is 0.0128. The summed E-state index contributed by atoms with van der Waals surface area (Å²) in [7, 11) is 3.35. The number of rotatable bonds is 13. The normalized spacial score (nSPS) is 22.5. The van der Waals surface area contributed by atoms with Crippen LogP contribution in [0.2, 0.25) is 0 Å². The lowest BCUT2D eigenvalue weighted by molar-refractivity contribution is -0.121. The standard InChI is InChI=1S/C48H63FN10O6/c1-4-37-44(63)55(2)39-27-50-45(53-42(39)59(37)33-7-5-6-8-33)51-36-11-9-32(25-40(36)65-3)43(62)54-48(18-24-60)29-47(30-48)16-22-56(23-17-47)28-31-13-19-57(20-14-31)38-12-10-34(26-35(38)49)58-21-15-41(61)52-46(58)64/h9-12,25-27,31,33,37,60H,4-8,13-24,28-30H2,1-3H3,(H,54,62)(H,50,51,53)(H,52,61,64)/t37-/m1/s1. The van der Waals surface area contributed by atoms with E-state index < -0.39 is 11.6 Å². The summed E-state index contributed by atoms with van der Waals surface area (Å²) >= 11 is 0. The van der Waals surface area contributed by atoms with E-state index in [-0.39, 0.29) is 60.6 Å². The van der Waals surface area contributed by atoms with Gasteiger partial charge in [0.2, 0.25) is 17.8 Å². The molecule has 1 atom stereocenters. The molecule has 16 nitrogen and oxygen atoms in total. The SMILES string of the molecule is CC[C@@H]1C(=O)N(C)c2cnc(Nc3ccc(C(=O)NC4(CCO)CC5(CCN(CC6CCN(c7ccc(N8CCC(=O)NC8=O)cc7F)CC6)CC5)C4)cc3OC)nc2N1C1CCCC1. The van der Waals surface area contributed by atoms with Crippen LogP contribution in [0.25, 0.3) is 0 Å². The lowest BCUT2D eigenvalue weighted by Gasteiger charge is -2.59. The number of hydrogen-bond acceptors (Lipinski definition) is 12. The van der Waals surface area contributed by atoms with Crippen molar-refractivity contribution in [3.8, 4) is 5.75 Å². The summed E-state index contributed by atoms with van der Waals surface area (Å²) in [5.74, 6) is 1.28. The largest absolute Gasteiger partial charge is 0.495 e. The molecule has 1 aromatic heterocycles. The number of amides is 5. The molecule has 5 heterocycles. The fraction of sp³-hybridized carbons (Fsp3) is 0.583. The fourth-order valence-electron chi connectivity index (χ4n) is 11.8. The molecular formula is C48H63FN10O6. The highest BCUT2D eigenvalue weighted by atomic mass is 19.1. The molecule has 0 radical (unpaired) electrons. The molecule has 2 aliphatic carbocycles. The molecule has 5 fully saturated rings. The first-order chi connectivity index (χ1) is 31.4. The minimum Gasteiger partial charge on any atom is -0.495 e. The zero-order chi connectivity index (χ0) is 45.5. The van der Waals surface area contributed by atoms with Crippen LogP contribution in [0.4, 0.5) is 43.7 Å². The van der Waals surface area contributed by atoms with E-state index in [0.717, 1.165) is 103 Å². The number of aromatic nitrogens is 2. The molecule has 6 aliphatic rings. The number of nitrogens with zero attached hydrogens (tertiary/aromatic N) is 7. The van der Waals surface area contributed by atoms with Crippen LogP contribution in [0.1, 0.15) is 101 Å². The van der Waals surface area contributed by atoms with E-state index in [9.17, 15) is 24.3 Å². The number of likely N-dealkylation sites (tertiary alicyclic amines) is 1. The van der Waals surface area contributed by atoms with E-state index in [0.29, 0.717) is 58.8 Å². The molecule has 348 valence electrons. The van der Waals surface area contributed by atoms with E-state index in [2.05, 4.69) is 35.6 Å². The molecule has 2 saturated carbocycles. The number of imide groups is 1. The maximum atomic E-state index is 15.3. The molecule has 3 saturated heterocycles. The second-order valence-corrected chi connectivity index (χ2v) is 19.3. The van der Waals surface area contributed by atoms with Gasteiger partial charge in [0.25, 0.3) is 5.91 Å². The van der Waals surface area contributed by atoms with Crippen molar-refractivity contribution in [2.75, 3.05) is 84.9 Å². The van der Waals surface area contributed by atoms with Crippen molar-refractivity contribution in [1.29, 1.82) is 0 Å². The van der Waals surface area contributed by atoms with Gasteiger partial charge in [-0.15, -0.1) is 0 Å². The number of ether oxygens (including phenoxy) is 1. The summed E-state index contributed by atoms with van der Waals surface area (Å²) in [6.45, 7) is 6.76. The summed E-state index contributed by atoms with van der Waals surface area (Å²) in [5, 5.41) is 19.1. The number of hydrogen-bond donors (Lipinski definition) is 4. The Kier molecular flexibility index (Phi) is 12.6. The van der Waals surface area contributed by atoms with Gasteiger partial charge in [0.15, 0.2) is 5.82 Å². The van der Waals surface area contributed by atoms with Gasteiger partial charge in [-0.3, -0.25) is 24.6 Å². The van der Waals surface area contributed by atoms with Crippen LogP contribution in [0, 0.1) is 17.2 Å². The van der Waals surface area contributed by atoms with Gasteiger partial charge < -0.3 is 40.1 Å². The molecule has 0 bridgehead atoms. The molecule has 17 heteroatoms. The molecule has 5 amide bonds. The summed E-state index contributed by atoms with van der Waals surface area (Å²) in [5.41, 5.74) is 2.39. The summed E-state index contributed by atoms with van der Waals surface area (Å²) in [4.78, 5) is 70.5. The maximum absolute atomic E-state index is 15.3. The number of nitrogens with one attached hydrogen (secondary N) is 3. The number of carbonyl (C=O) groups excluding carboxylic acids is 4. The molecule has 1 spiro atoms. The highest BCUT2D eigenvalue weighted by Crippen LogP contribution is 2.56. The van der Waals surface area contributed by atoms with Crippen molar-refractivity contribution in [3.05, 3.63) is 54.0 Å². The van der Waals surface area contributed by atoms with Crippen molar-refractivity contribution in [2.24, 2.45) is 11.3 Å². The molecule has 3 aromatic rings. The van der Waals surface area contributed by atoms with Gasteiger partial charge >= 0.3 is 6.03 Å². The first kappa shape index (κ1) is 44.6. The first-order valence-electron chi connectivity index (χ1n) is 23.6. The van der Waals surface area contributed by atoms with Crippen LogP contribution in [0.3, 0.4) is 0 Å². The topological polar surface area (TPSA) is 176 Å². The van der Waals surface area contributed by atoms with Crippen molar-refractivity contribution in [1.82, 2.24) is 25.5 Å². The van der Waals surface area contributed by atoms with Crippen molar-refractivity contribution >= 4 is 58.3 Å². The number of carbonyl (C=O) groups is 4. The average Bonchev–Trinajstić information content (AvgIpc) is 3.83. The average molecular weight is 895 g/mol. The van der Waals surface area contributed by atoms with Crippen LogP contribution >= 0.6 is 0 Å². The maximum Gasteiger partial charge on any atom is 0.328 e. The molecule has 9 rings (SSSR count). The zero-order valence-corrected chi connectivity index (χ0v) is 37.9. The van der Waals surface area contributed by atoms with Crippen molar-refractivity contribution in [3.63, 3.8) is 0 Å². The Morgan fingerprint density at radius 1 is 0.985 bits per heavy atom. The van der Waals surface area contributed by atoms with Crippen molar-refractivity contribution < 1.29 is 33.4 Å². The molecule has 4 N–H and O–H groups in total. The van der Waals surface area contributed by atoms with E-state index >= 15 is 4.39 Å². The zero-order valence-electron chi connectivity index (χ0n) is 37.9. The Labute approximate surface area is 380 Å². The van der Waals surface area contributed by atoms with Crippen LogP contribution in [-0.4, -0.2) is 121 Å². The van der Waals surface area contributed by atoms with E-state index in [4.69, 9.17) is 9.72 Å². The van der Waals surface area contributed by atoms with Crippen LogP contribution < -0.4 is 40.3 Å². The number of anilines is 6. The van der Waals surface area contributed by atoms with Gasteiger partial charge in [0, 0.05) is 69.1 Å². The smallest absolute Gasteiger partial charge is 0.328 e. The summed E-state index contributed by atoms with van der Waals surface area (Å²) < 4.78 is 21.1. The number of aliphatic hydroxyl groups is 1. The predicted molar refractivity (Wildman–Crippen MR) is 247 cm³/mol. The van der Waals surface area contributed by atoms with Gasteiger partial charge in [-0.25, -0.2) is 14.2 Å². The highest BCUT2D eigenvalue weighted by molar-refractivity contribution is 6.06. The Balaban J connectivity index is 0.773. The van der Waals surface area contributed by atoms with E-state index in [1.54, 1.807) is 55.6 Å². The lowest BCUT2D eigenvalue weighted by atomic mass is 9.52. The number of methoxy groups -OCH3 is 1. The van der Waals surface area contributed by atoms with Crippen LogP contribution in [0.15, 0.2) is 42.6 Å². The van der Waals surface area contributed by atoms with Crippen molar-refractivity contribution in [2.45, 2.75) is 108 Å². The van der Waals surface area contributed by atoms with Crippen LogP contribution in [-0.2, 0) is 9.59 Å². The third-order valence-corrected chi connectivity index (χ3v) is 15.2. The Bertz CT molecular complexity index is 2280. The molecule has 2 aromatic carbocycles. The molecule has 65 heavy (non-hydrogen) atoms. The number of fused-ring (bicyclic) bond motifs is 1. The monoisotopic (exact) mass is 894 g/mol. The van der Waals surface area contributed by atoms with Gasteiger partial charge in [0.05, 0.1) is 24.7 Å². The number of piperidine rings is 2. The summed E-state index contributed by atoms with van der Waals surface area (Å²) in [6.07, 6.45) is 13.1. The second kappa shape index (κ2) is 18.4. The van der Waals surface area contributed by atoms with E-state index in [1.807, 2.05) is 6.92 Å². The Hall–Kier alpha value is -5.55. The van der Waals surface area contributed by atoms with Gasteiger partial charge in [0.1, 0.15) is 23.3 Å². The van der Waals surface area contributed by atoms with E-state index in [1.165, 1.54) is 11.0 Å². The molecule has 0 unspecified atom stereocenters. The Morgan fingerprint density at radius 3 is 2.42 bits per heavy atom. The van der Waals surface area contributed by atoms with Gasteiger partial charge in [-0.1, -0.05) is 19.8 Å². The number of urea groups is 1. The van der Waals surface area contributed by atoms with Gasteiger partial charge in [-0.2, -0.15) is 4.98 Å². The third kappa shape index (κ3) is 8.93. The fourth-order valence-corrected chi connectivity index (χ4v) is 11.8. The molecular weight excluding hydrogens is 832 g/mol. The predicted octanol–water partition coefficient (Wildman–Crippen LogP) is 5.96. The number of aliphatic hydroxyl groups excluding tert-OH is 1. The lowest BCUT2D eigenvalue weighted by Crippen LogP contribution is -2.64. The minimum atomic E-state index is -0.524. The van der Waals surface area contributed by atoms with Crippen LogP contribution in [0.5, 0.6) is 5.75 Å². The quantitative estimate of drug-likeness (QED) is 0.159. The van der Waals surface area contributed by atoms with Gasteiger partial charge in [-0.05, 0) is 125 Å². The third-order valence-electron chi connectivity index (χ3n) is 15.2. The first-order valence-corrected chi connectivity index (χ1v) is 23.6. The number of benzene rings is 2. The number of likely N-dealkylation sites (N-methyl/N-ethyl adjacent to an activating group) is 1. The second-order valence-electron chi connectivity index (χ2n) is 19.3. The Morgan fingerprint density at radius 2 is 1.74 bits per heavy atom. The molecule has 4 aliphatic heterocycles. The summed E-state index contributed by atoms with van der Waals surface area (Å²) in [6, 6.07) is 9.62. The number of halogens is 1.